The van der Waals surface area contributed by atoms with Gasteiger partial charge in [-0.25, -0.2) is 4.98 Å². The van der Waals surface area contributed by atoms with Crippen LogP contribution in [0.5, 0.6) is 0 Å². The van der Waals surface area contributed by atoms with Crippen LogP contribution in [0.3, 0.4) is 0 Å². The molecule has 2 N–H and O–H groups in total. The lowest BCUT2D eigenvalue weighted by Gasteiger charge is -2.30. The largest absolute Gasteiger partial charge is 0.356 e. The molecule has 0 aliphatic carbocycles. The van der Waals surface area contributed by atoms with Crippen molar-refractivity contribution in [3.63, 3.8) is 0 Å². The lowest BCUT2D eigenvalue weighted by molar-refractivity contribution is 0.191. The Labute approximate surface area is 150 Å². The van der Waals surface area contributed by atoms with Crippen LogP contribution in [0.15, 0.2) is 10.4 Å². The van der Waals surface area contributed by atoms with E-state index in [9.17, 15) is 0 Å². The molecule has 1 aromatic rings. The standard InChI is InChI=1S/C17H32N6S/c1-14-6-10-23(11-7-14)9-5-8-19-16(18-2)20-12-15-13-24-17(21-15)22(3)4/h13-14H,5-12H2,1-4H3,(H2,18,19,20). The SMILES string of the molecule is CN=C(NCCCN1CCC(C)CC1)NCc1csc(N(C)C)n1. The molecule has 0 amide bonds. The van der Waals surface area contributed by atoms with Gasteiger partial charge in [-0.1, -0.05) is 6.92 Å². The Morgan fingerprint density at radius 3 is 2.75 bits per heavy atom. The van der Waals surface area contributed by atoms with E-state index in [2.05, 4.69) is 37.8 Å². The van der Waals surface area contributed by atoms with Crippen molar-refractivity contribution in [2.45, 2.75) is 32.7 Å². The van der Waals surface area contributed by atoms with E-state index in [0.29, 0.717) is 6.54 Å². The van der Waals surface area contributed by atoms with Crippen molar-refractivity contribution in [2.24, 2.45) is 10.9 Å². The summed E-state index contributed by atoms with van der Waals surface area (Å²) < 4.78 is 0. The van der Waals surface area contributed by atoms with Crippen LogP contribution < -0.4 is 15.5 Å². The summed E-state index contributed by atoms with van der Waals surface area (Å²) in [6.07, 6.45) is 3.84. The highest BCUT2D eigenvalue weighted by molar-refractivity contribution is 7.13. The Bertz CT molecular complexity index is 505. The molecule has 7 heteroatoms. The molecule has 0 radical (unpaired) electrons. The summed E-state index contributed by atoms with van der Waals surface area (Å²) in [7, 11) is 5.84. The first kappa shape index (κ1) is 19.0. The van der Waals surface area contributed by atoms with E-state index in [0.717, 1.165) is 35.7 Å². The molecule has 6 nitrogen and oxygen atoms in total. The second-order valence-electron chi connectivity index (χ2n) is 6.75. The summed E-state index contributed by atoms with van der Waals surface area (Å²) in [6, 6.07) is 0. The zero-order valence-corrected chi connectivity index (χ0v) is 16.3. The number of aromatic nitrogens is 1. The maximum atomic E-state index is 4.57. The average Bonchev–Trinajstić information content (AvgIpc) is 3.05. The molecule has 136 valence electrons. The van der Waals surface area contributed by atoms with Crippen molar-refractivity contribution in [2.75, 3.05) is 52.2 Å². The highest BCUT2D eigenvalue weighted by Gasteiger charge is 2.14. The van der Waals surface area contributed by atoms with Gasteiger partial charge in [-0.2, -0.15) is 0 Å². The minimum absolute atomic E-state index is 0.702. The lowest BCUT2D eigenvalue weighted by Crippen LogP contribution is -2.39. The minimum atomic E-state index is 0.702. The normalized spacial score (nSPS) is 17.1. The summed E-state index contributed by atoms with van der Waals surface area (Å²) in [6.45, 7) is 7.70. The van der Waals surface area contributed by atoms with Crippen molar-refractivity contribution in [1.29, 1.82) is 0 Å². The highest BCUT2D eigenvalue weighted by atomic mass is 32.1. The molecular formula is C17H32N6S. The van der Waals surface area contributed by atoms with Crippen LogP contribution in [0.4, 0.5) is 5.13 Å². The van der Waals surface area contributed by atoms with Crippen LogP contribution >= 0.6 is 11.3 Å². The molecule has 2 heterocycles. The van der Waals surface area contributed by atoms with Gasteiger partial charge in [0.2, 0.25) is 0 Å². The molecule has 0 aromatic carbocycles. The van der Waals surface area contributed by atoms with E-state index in [1.165, 1.54) is 32.5 Å². The second kappa shape index (κ2) is 9.84. The molecule has 1 aromatic heterocycles. The van der Waals surface area contributed by atoms with Gasteiger partial charge in [0.15, 0.2) is 11.1 Å². The third-order valence-electron chi connectivity index (χ3n) is 4.40. The van der Waals surface area contributed by atoms with E-state index in [4.69, 9.17) is 0 Å². The van der Waals surface area contributed by atoms with Gasteiger partial charge in [-0.15, -0.1) is 11.3 Å². The first-order valence-corrected chi connectivity index (χ1v) is 9.75. The Morgan fingerprint density at radius 2 is 2.12 bits per heavy atom. The fraction of sp³-hybridized carbons (Fsp3) is 0.765. The van der Waals surface area contributed by atoms with Gasteiger partial charge in [0.1, 0.15) is 0 Å². The third kappa shape index (κ3) is 6.28. The average molecular weight is 353 g/mol. The summed E-state index contributed by atoms with van der Waals surface area (Å²) in [5, 5.41) is 9.85. The van der Waals surface area contributed by atoms with Crippen LogP contribution in [0, 0.1) is 5.92 Å². The van der Waals surface area contributed by atoms with E-state index < -0.39 is 0 Å². The highest BCUT2D eigenvalue weighted by Crippen LogP contribution is 2.17. The van der Waals surface area contributed by atoms with E-state index in [1.807, 2.05) is 26.0 Å². The van der Waals surface area contributed by atoms with Crippen molar-refractivity contribution < 1.29 is 0 Å². The van der Waals surface area contributed by atoms with Crippen LogP contribution in [0.25, 0.3) is 0 Å². The Balaban J connectivity index is 1.61. The molecule has 1 aliphatic rings. The molecule has 0 unspecified atom stereocenters. The molecule has 1 saturated heterocycles. The quantitative estimate of drug-likeness (QED) is 0.447. The van der Waals surface area contributed by atoms with Gasteiger partial charge in [-0.3, -0.25) is 4.99 Å². The maximum Gasteiger partial charge on any atom is 0.191 e. The Morgan fingerprint density at radius 1 is 1.38 bits per heavy atom. The predicted molar refractivity (Wildman–Crippen MR) is 104 cm³/mol. The fourth-order valence-electron chi connectivity index (χ4n) is 2.77. The smallest absolute Gasteiger partial charge is 0.191 e. The molecule has 24 heavy (non-hydrogen) atoms. The van der Waals surface area contributed by atoms with Crippen LogP contribution in [-0.2, 0) is 6.54 Å². The van der Waals surface area contributed by atoms with Gasteiger partial charge >= 0.3 is 0 Å². The Hall–Kier alpha value is -1.34. The van der Waals surface area contributed by atoms with E-state index in [-0.39, 0.29) is 0 Å². The summed E-state index contributed by atoms with van der Waals surface area (Å²) in [4.78, 5) is 13.5. The number of anilines is 1. The van der Waals surface area contributed by atoms with Crippen molar-refractivity contribution in [1.82, 2.24) is 20.5 Å². The van der Waals surface area contributed by atoms with Gasteiger partial charge in [0.05, 0.1) is 12.2 Å². The molecule has 0 bridgehead atoms. The number of likely N-dealkylation sites (tertiary alicyclic amines) is 1. The van der Waals surface area contributed by atoms with Crippen molar-refractivity contribution in [3.05, 3.63) is 11.1 Å². The zero-order chi connectivity index (χ0) is 17.4. The number of piperidine rings is 1. The van der Waals surface area contributed by atoms with Crippen LogP contribution in [0.1, 0.15) is 31.9 Å². The summed E-state index contributed by atoms with van der Waals surface area (Å²) >= 11 is 1.66. The topological polar surface area (TPSA) is 55.8 Å². The van der Waals surface area contributed by atoms with Gasteiger partial charge < -0.3 is 20.4 Å². The summed E-state index contributed by atoms with van der Waals surface area (Å²) in [5.74, 6) is 1.75. The molecule has 0 saturated carbocycles. The molecule has 1 fully saturated rings. The van der Waals surface area contributed by atoms with Crippen molar-refractivity contribution in [3.8, 4) is 0 Å². The maximum absolute atomic E-state index is 4.57. The summed E-state index contributed by atoms with van der Waals surface area (Å²) in [5.41, 5.74) is 1.05. The van der Waals surface area contributed by atoms with Gasteiger partial charge in [-0.05, 0) is 44.8 Å². The molecular weight excluding hydrogens is 320 g/mol. The van der Waals surface area contributed by atoms with Gasteiger partial charge in [0, 0.05) is 33.1 Å². The number of aliphatic imine (C=N–C) groups is 1. The second-order valence-corrected chi connectivity index (χ2v) is 7.58. The number of guanidine groups is 1. The first-order valence-electron chi connectivity index (χ1n) is 8.87. The zero-order valence-electron chi connectivity index (χ0n) is 15.5. The number of nitrogens with zero attached hydrogens (tertiary/aromatic N) is 4. The minimum Gasteiger partial charge on any atom is -0.356 e. The molecule has 0 atom stereocenters. The number of nitrogens with one attached hydrogen (secondary N) is 2. The number of hydrogen-bond donors (Lipinski definition) is 2. The van der Waals surface area contributed by atoms with Crippen LogP contribution in [-0.4, -0.2) is 63.2 Å². The molecule has 0 spiro atoms. The molecule has 2 rings (SSSR count). The van der Waals surface area contributed by atoms with Crippen LogP contribution in [0.2, 0.25) is 0 Å². The Kier molecular flexibility index (Phi) is 7.78. The number of hydrogen-bond acceptors (Lipinski definition) is 5. The molecule has 1 aliphatic heterocycles. The van der Waals surface area contributed by atoms with Gasteiger partial charge in [0.25, 0.3) is 0 Å². The van der Waals surface area contributed by atoms with Crippen molar-refractivity contribution >= 4 is 22.4 Å². The van der Waals surface area contributed by atoms with E-state index in [1.54, 1.807) is 11.3 Å². The third-order valence-corrected chi connectivity index (χ3v) is 5.46. The monoisotopic (exact) mass is 352 g/mol. The lowest BCUT2D eigenvalue weighted by atomic mass is 9.99. The number of rotatable bonds is 7. The van der Waals surface area contributed by atoms with E-state index >= 15 is 0 Å². The fourth-order valence-corrected chi connectivity index (χ4v) is 3.53. The predicted octanol–water partition coefficient (Wildman–Crippen LogP) is 2.00. The number of thiazole rings is 1. The first-order chi connectivity index (χ1) is 11.6.